The molecular weight excluding hydrogens is 162 g/mol. The average Bonchev–Trinajstić information content (AvgIpc) is 2.92. The van der Waals surface area contributed by atoms with Gasteiger partial charge in [0, 0.05) is 20.3 Å². The molecule has 0 amide bonds. The molecule has 0 aromatic carbocycles. The third-order valence-corrected chi connectivity index (χ3v) is 3.42. The SMILES string of the molecule is CCNCC1(C(C)CCOC)CC1. The second kappa shape index (κ2) is 4.97. The van der Waals surface area contributed by atoms with Crippen LogP contribution < -0.4 is 5.32 Å². The zero-order valence-corrected chi connectivity index (χ0v) is 9.23. The highest BCUT2D eigenvalue weighted by Gasteiger charge is 2.46. The van der Waals surface area contributed by atoms with Gasteiger partial charge < -0.3 is 10.1 Å². The van der Waals surface area contributed by atoms with Crippen LogP contribution in [0.15, 0.2) is 0 Å². The van der Waals surface area contributed by atoms with Crippen LogP contribution in [0, 0.1) is 11.3 Å². The van der Waals surface area contributed by atoms with Crippen LogP contribution in [0.5, 0.6) is 0 Å². The maximum atomic E-state index is 5.12. The van der Waals surface area contributed by atoms with Crippen molar-refractivity contribution in [2.24, 2.45) is 11.3 Å². The van der Waals surface area contributed by atoms with E-state index >= 15 is 0 Å². The van der Waals surface area contributed by atoms with Gasteiger partial charge in [0.05, 0.1) is 0 Å². The first-order chi connectivity index (χ1) is 6.25. The molecule has 1 unspecified atom stereocenters. The van der Waals surface area contributed by atoms with Crippen molar-refractivity contribution in [3.63, 3.8) is 0 Å². The second-order valence-corrected chi connectivity index (χ2v) is 4.33. The molecular formula is C11H23NO. The summed E-state index contributed by atoms with van der Waals surface area (Å²) in [6, 6.07) is 0. The second-order valence-electron chi connectivity index (χ2n) is 4.33. The summed E-state index contributed by atoms with van der Waals surface area (Å²) in [5.41, 5.74) is 0.620. The Morgan fingerprint density at radius 3 is 2.62 bits per heavy atom. The Morgan fingerprint density at radius 1 is 1.46 bits per heavy atom. The van der Waals surface area contributed by atoms with Crippen molar-refractivity contribution in [2.45, 2.75) is 33.1 Å². The minimum absolute atomic E-state index is 0.620. The first-order valence-electron chi connectivity index (χ1n) is 5.45. The molecule has 0 bridgehead atoms. The third kappa shape index (κ3) is 2.96. The van der Waals surface area contributed by atoms with Crippen molar-refractivity contribution < 1.29 is 4.74 Å². The Labute approximate surface area is 82.0 Å². The zero-order valence-electron chi connectivity index (χ0n) is 9.23. The third-order valence-electron chi connectivity index (χ3n) is 3.42. The summed E-state index contributed by atoms with van der Waals surface area (Å²) in [5, 5.41) is 3.47. The standard InChI is InChI=1S/C11H23NO/c1-4-12-9-11(6-7-11)10(2)5-8-13-3/h10,12H,4-9H2,1-3H3. The summed E-state index contributed by atoms with van der Waals surface area (Å²) in [5.74, 6) is 0.812. The molecule has 1 aliphatic carbocycles. The molecule has 2 nitrogen and oxygen atoms in total. The molecule has 0 aliphatic heterocycles. The van der Waals surface area contributed by atoms with Crippen LogP contribution in [0.3, 0.4) is 0 Å². The molecule has 1 saturated carbocycles. The number of methoxy groups -OCH3 is 1. The number of hydrogen-bond donors (Lipinski definition) is 1. The van der Waals surface area contributed by atoms with E-state index in [-0.39, 0.29) is 0 Å². The fraction of sp³-hybridized carbons (Fsp3) is 1.00. The van der Waals surface area contributed by atoms with Crippen LogP contribution in [0.2, 0.25) is 0 Å². The summed E-state index contributed by atoms with van der Waals surface area (Å²) in [6.45, 7) is 7.75. The molecule has 1 aliphatic rings. The lowest BCUT2D eigenvalue weighted by molar-refractivity contribution is 0.159. The first kappa shape index (κ1) is 11.0. The van der Waals surface area contributed by atoms with Gasteiger partial charge in [-0.1, -0.05) is 13.8 Å². The molecule has 78 valence electrons. The normalized spacial score (nSPS) is 21.5. The fourth-order valence-corrected chi connectivity index (χ4v) is 1.98. The van der Waals surface area contributed by atoms with Crippen LogP contribution in [-0.4, -0.2) is 26.8 Å². The topological polar surface area (TPSA) is 21.3 Å². The van der Waals surface area contributed by atoms with Crippen molar-refractivity contribution in [1.29, 1.82) is 0 Å². The maximum Gasteiger partial charge on any atom is 0.0465 e. The number of nitrogens with one attached hydrogen (secondary N) is 1. The van der Waals surface area contributed by atoms with E-state index < -0.39 is 0 Å². The van der Waals surface area contributed by atoms with E-state index in [4.69, 9.17) is 4.74 Å². The molecule has 2 heteroatoms. The summed E-state index contributed by atoms with van der Waals surface area (Å²) in [4.78, 5) is 0. The van der Waals surface area contributed by atoms with E-state index in [9.17, 15) is 0 Å². The number of rotatable bonds is 7. The quantitative estimate of drug-likeness (QED) is 0.655. The van der Waals surface area contributed by atoms with Gasteiger partial charge in [0.2, 0.25) is 0 Å². The first-order valence-corrected chi connectivity index (χ1v) is 5.45. The highest BCUT2D eigenvalue weighted by Crippen LogP contribution is 2.52. The lowest BCUT2D eigenvalue weighted by Crippen LogP contribution is -2.29. The Balaban J connectivity index is 2.23. The number of ether oxygens (including phenoxy) is 1. The molecule has 0 saturated heterocycles. The van der Waals surface area contributed by atoms with Gasteiger partial charge in [0.15, 0.2) is 0 Å². The van der Waals surface area contributed by atoms with Gasteiger partial charge in [-0.2, -0.15) is 0 Å². The average molecular weight is 185 g/mol. The van der Waals surface area contributed by atoms with Crippen molar-refractivity contribution in [2.75, 3.05) is 26.8 Å². The molecule has 0 spiro atoms. The van der Waals surface area contributed by atoms with Gasteiger partial charge in [0.25, 0.3) is 0 Å². The van der Waals surface area contributed by atoms with Gasteiger partial charge in [-0.15, -0.1) is 0 Å². The summed E-state index contributed by atoms with van der Waals surface area (Å²) < 4.78 is 5.12. The summed E-state index contributed by atoms with van der Waals surface area (Å²) in [6.07, 6.45) is 4.03. The van der Waals surface area contributed by atoms with Crippen LogP contribution in [0.25, 0.3) is 0 Å². The Kier molecular flexibility index (Phi) is 4.20. The Morgan fingerprint density at radius 2 is 2.15 bits per heavy atom. The molecule has 0 heterocycles. The lowest BCUT2D eigenvalue weighted by atomic mass is 9.88. The van der Waals surface area contributed by atoms with E-state index in [1.54, 1.807) is 7.11 Å². The smallest absolute Gasteiger partial charge is 0.0465 e. The van der Waals surface area contributed by atoms with Crippen LogP contribution in [0.4, 0.5) is 0 Å². The predicted octanol–water partition coefficient (Wildman–Crippen LogP) is 2.05. The summed E-state index contributed by atoms with van der Waals surface area (Å²) in [7, 11) is 1.79. The van der Waals surface area contributed by atoms with E-state index in [1.165, 1.54) is 25.8 Å². The highest BCUT2D eigenvalue weighted by molar-refractivity contribution is 4.98. The van der Waals surface area contributed by atoms with Gasteiger partial charge >= 0.3 is 0 Å². The Bertz CT molecular complexity index is 143. The molecule has 0 aromatic heterocycles. The van der Waals surface area contributed by atoms with Crippen molar-refractivity contribution in [1.82, 2.24) is 5.32 Å². The molecule has 1 atom stereocenters. The van der Waals surface area contributed by atoms with Gasteiger partial charge in [-0.25, -0.2) is 0 Å². The van der Waals surface area contributed by atoms with E-state index in [2.05, 4.69) is 19.2 Å². The largest absolute Gasteiger partial charge is 0.385 e. The zero-order chi connectivity index (χ0) is 9.73. The highest BCUT2D eigenvalue weighted by atomic mass is 16.5. The lowest BCUT2D eigenvalue weighted by Gasteiger charge is -2.23. The van der Waals surface area contributed by atoms with Crippen molar-refractivity contribution in [3.8, 4) is 0 Å². The van der Waals surface area contributed by atoms with Gasteiger partial charge in [0.1, 0.15) is 0 Å². The van der Waals surface area contributed by atoms with Gasteiger partial charge in [-0.05, 0) is 37.1 Å². The van der Waals surface area contributed by atoms with Crippen LogP contribution in [0.1, 0.15) is 33.1 Å². The van der Waals surface area contributed by atoms with E-state index in [0.717, 1.165) is 19.1 Å². The van der Waals surface area contributed by atoms with Crippen molar-refractivity contribution in [3.05, 3.63) is 0 Å². The molecule has 0 aromatic rings. The predicted molar refractivity (Wildman–Crippen MR) is 55.9 cm³/mol. The van der Waals surface area contributed by atoms with Crippen LogP contribution >= 0.6 is 0 Å². The minimum Gasteiger partial charge on any atom is -0.385 e. The van der Waals surface area contributed by atoms with E-state index in [1.807, 2.05) is 0 Å². The molecule has 1 fully saturated rings. The number of hydrogen-bond acceptors (Lipinski definition) is 2. The fourth-order valence-electron chi connectivity index (χ4n) is 1.98. The minimum atomic E-state index is 0.620. The summed E-state index contributed by atoms with van der Waals surface area (Å²) >= 11 is 0. The monoisotopic (exact) mass is 185 g/mol. The molecule has 1 rings (SSSR count). The molecule has 13 heavy (non-hydrogen) atoms. The van der Waals surface area contributed by atoms with Crippen LogP contribution in [-0.2, 0) is 4.74 Å². The van der Waals surface area contributed by atoms with Crippen molar-refractivity contribution >= 4 is 0 Å². The van der Waals surface area contributed by atoms with Gasteiger partial charge in [-0.3, -0.25) is 0 Å². The molecule has 0 radical (unpaired) electrons. The Hall–Kier alpha value is -0.0800. The molecule has 1 N–H and O–H groups in total. The maximum absolute atomic E-state index is 5.12. The van der Waals surface area contributed by atoms with E-state index in [0.29, 0.717) is 5.41 Å².